The van der Waals surface area contributed by atoms with Gasteiger partial charge in [-0.3, -0.25) is 14.4 Å². The first-order valence-electron chi connectivity index (χ1n) is 11.1. The molecule has 168 valence electrons. The summed E-state index contributed by atoms with van der Waals surface area (Å²) in [5.41, 5.74) is 3.14. The summed E-state index contributed by atoms with van der Waals surface area (Å²) in [6.45, 7) is 2.33. The molecule has 7 nitrogen and oxygen atoms in total. The summed E-state index contributed by atoms with van der Waals surface area (Å²) in [5.74, 6) is -1.46. The average Bonchev–Trinajstić information content (AvgIpc) is 3.58. The highest BCUT2D eigenvalue weighted by molar-refractivity contribution is 6.39. The van der Waals surface area contributed by atoms with E-state index >= 15 is 0 Å². The first-order valence-corrected chi connectivity index (χ1v) is 11.1. The number of benzene rings is 2. The number of ether oxygens (including phenoxy) is 1. The zero-order valence-corrected chi connectivity index (χ0v) is 18.4. The van der Waals surface area contributed by atoms with E-state index in [2.05, 4.69) is 10.6 Å². The van der Waals surface area contributed by atoms with Gasteiger partial charge in [0.05, 0.1) is 6.61 Å². The predicted molar refractivity (Wildman–Crippen MR) is 121 cm³/mol. The highest BCUT2D eigenvalue weighted by Gasteiger charge is 2.42. The van der Waals surface area contributed by atoms with E-state index in [-0.39, 0.29) is 11.3 Å². The van der Waals surface area contributed by atoms with Crippen molar-refractivity contribution >= 4 is 23.4 Å². The summed E-state index contributed by atoms with van der Waals surface area (Å²) in [7, 11) is 1.75. The van der Waals surface area contributed by atoms with Crippen LogP contribution < -0.4 is 10.6 Å². The van der Waals surface area contributed by atoms with Crippen molar-refractivity contribution in [3.05, 3.63) is 65.2 Å². The Morgan fingerprint density at radius 1 is 1.09 bits per heavy atom. The van der Waals surface area contributed by atoms with Crippen LogP contribution in [0.2, 0.25) is 0 Å². The van der Waals surface area contributed by atoms with Crippen molar-refractivity contribution in [2.45, 2.75) is 32.3 Å². The van der Waals surface area contributed by atoms with Gasteiger partial charge in [-0.1, -0.05) is 36.4 Å². The van der Waals surface area contributed by atoms with Crippen molar-refractivity contribution < 1.29 is 19.1 Å². The molecular formula is C25H29N3O4. The number of hydrogen-bond donors (Lipinski definition) is 2. The van der Waals surface area contributed by atoms with E-state index in [1.54, 1.807) is 24.1 Å². The number of rotatable bonds is 8. The molecule has 32 heavy (non-hydrogen) atoms. The van der Waals surface area contributed by atoms with Gasteiger partial charge in [0.1, 0.15) is 0 Å². The third kappa shape index (κ3) is 5.34. The van der Waals surface area contributed by atoms with E-state index in [0.717, 1.165) is 36.8 Å². The minimum Gasteiger partial charge on any atom is -0.377 e. The maximum Gasteiger partial charge on any atom is 0.313 e. The first-order chi connectivity index (χ1) is 15.5. The minimum absolute atomic E-state index is 0.0233. The lowest BCUT2D eigenvalue weighted by molar-refractivity contribution is -0.136. The van der Waals surface area contributed by atoms with Crippen LogP contribution in [0.5, 0.6) is 0 Å². The van der Waals surface area contributed by atoms with Crippen molar-refractivity contribution in [2.24, 2.45) is 5.41 Å². The largest absolute Gasteiger partial charge is 0.377 e. The van der Waals surface area contributed by atoms with E-state index in [4.69, 9.17) is 4.74 Å². The van der Waals surface area contributed by atoms with Gasteiger partial charge in [-0.05, 0) is 54.4 Å². The molecule has 1 aliphatic carbocycles. The van der Waals surface area contributed by atoms with Crippen LogP contribution >= 0.6 is 0 Å². The normalized spacial score (nSPS) is 16.3. The fourth-order valence-corrected chi connectivity index (χ4v) is 3.95. The zero-order chi connectivity index (χ0) is 22.6. The lowest BCUT2D eigenvalue weighted by Gasteiger charge is -2.25. The summed E-state index contributed by atoms with van der Waals surface area (Å²) >= 11 is 0. The second kappa shape index (κ2) is 9.53. The smallest absolute Gasteiger partial charge is 0.313 e. The Hall–Kier alpha value is -3.19. The van der Waals surface area contributed by atoms with Crippen LogP contribution in [0.1, 0.15) is 40.7 Å². The number of likely N-dealkylation sites (N-methyl/N-ethyl adjacent to an activating group) is 1. The van der Waals surface area contributed by atoms with Gasteiger partial charge in [-0.25, -0.2) is 0 Å². The third-order valence-corrected chi connectivity index (χ3v) is 6.34. The van der Waals surface area contributed by atoms with Gasteiger partial charge >= 0.3 is 11.8 Å². The van der Waals surface area contributed by atoms with Crippen LogP contribution in [0.4, 0.5) is 5.69 Å². The van der Waals surface area contributed by atoms with E-state index < -0.39 is 11.8 Å². The van der Waals surface area contributed by atoms with Crippen molar-refractivity contribution in [1.29, 1.82) is 0 Å². The van der Waals surface area contributed by atoms with Crippen molar-refractivity contribution in [3.8, 4) is 0 Å². The molecule has 0 saturated heterocycles. The summed E-state index contributed by atoms with van der Waals surface area (Å²) < 4.78 is 5.77. The number of nitrogens with one attached hydrogen (secondary N) is 2. The van der Waals surface area contributed by atoms with Crippen LogP contribution in [-0.2, 0) is 27.4 Å². The number of carbonyl (C=O) groups is 3. The maximum absolute atomic E-state index is 12.3. The molecule has 2 aliphatic rings. The molecule has 1 fully saturated rings. The van der Waals surface area contributed by atoms with Gasteiger partial charge < -0.3 is 20.3 Å². The van der Waals surface area contributed by atoms with Crippen LogP contribution in [-0.4, -0.2) is 49.4 Å². The van der Waals surface area contributed by atoms with E-state index in [0.29, 0.717) is 37.6 Å². The van der Waals surface area contributed by atoms with Crippen molar-refractivity contribution in [2.75, 3.05) is 32.1 Å². The molecule has 7 heteroatoms. The highest BCUT2D eigenvalue weighted by Crippen LogP contribution is 2.48. The van der Waals surface area contributed by atoms with Gasteiger partial charge in [-0.15, -0.1) is 0 Å². The molecule has 3 amide bonds. The third-order valence-electron chi connectivity index (χ3n) is 6.34. The Morgan fingerprint density at radius 2 is 1.88 bits per heavy atom. The van der Waals surface area contributed by atoms with Gasteiger partial charge in [-0.2, -0.15) is 0 Å². The number of hydrogen-bond acceptors (Lipinski definition) is 4. The van der Waals surface area contributed by atoms with Gasteiger partial charge in [0, 0.05) is 38.0 Å². The zero-order valence-electron chi connectivity index (χ0n) is 18.4. The molecule has 0 bridgehead atoms. The van der Waals surface area contributed by atoms with E-state index in [1.165, 1.54) is 0 Å². The predicted octanol–water partition coefficient (Wildman–Crippen LogP) is 2.76. The van der Waals surface area contributed by atoms with Crippen LogP contribution in [0.3, 0.4) is 0 Å². The summed E-state index contributed by atoms with van der Waals surface area (Å²) in [5, 5.41) is 5.37. The van der Waals surface area contributed by atoms with Crippen molar-refractivity contribution in [3.63, 3.8) is 0 Å². The molecule has 0 spiro atoms. The summed E-state index contributed by atoms with van der Waals surface area (Å²) in [4.78, 5) is 38.6. The average molecular weight is 436 g/mol. The van der Waals surface area contributed by atoms with Gasteiger partial charge in [0.25, 0.3) is 5.91 Å². The molecule has 0 radical (unpaired) electrons. The maximum atomic E-state index is 12.3. The number of carbonyl (C=O) groups excluding carboxylic acids is 3. The van der Waals surface area contributed by atoms with E-state index in [1.807, 2.05) is 36.4 Å². The second-order valence-corrected chi connectivity index (χ2v) is 8.77. The minimum atomic E-state index is -0.724. The second-order valence-electron chi connectivity index (χ2n) is 8.77. The number of fused-ring (bicyclic) bond motifs is 1. The lowest BCUT2D eigenvalue weighted by atomic mass is 9.99. The van der Waals surface area contributed by atoms with Gasteiger partial charge in [0.15, 0.2) is 0 Å². The quantitative estimate of drug-likeness (QED) is 0.493. The molecule has 0 aromatic heterocycles. The molecule has 0 atom stereocenters. The topological polar surface area (TPSA) is 87.7 Å². The molecule has 1 heterocycles. The van der Waals surface area contributed by atoms with Crippen LogP contribution in [0.25, 0.3) is 0 Å². The molecule has 4 rings (SSSR count). The number of amides is 3. The van der Waals surface area contributed by atoms with Crippen molar-refractivity contribution in [1.82, 2.24) is 10.2 Å². The Labute approximate surface area is 188 Å². The Balaban J connectivity index is 1.22. The summed E-state index contributed by atoms with van der Waals surface area (Å²) in [6.07, 6.45) is 3.67. The molecule has 1 saturated carbocycles. The van der Waals surface area contributed by atoms with Crippen LogP contribution in [0.15, 0.2) is 48.5 Å². The lowest BCUT2D eigenvalue weighted by Crippen LogP contribution is -2.39. The molecule has 0 unspecified atom stereocenters. The number of anilines is 1. The fourth-order valence-electron chi connectivity index (χ4n) is 3.95. The SMILES string of the molecule is CN1CCc2ccc(NC(=O)C(=O)NCC3(CCOCc4ccccc4)CC3)cc2C1=O. The summed E-state index contributed by atoms with van der Waals surface area (Å²) in [6, 6.07) is 15.2. The van der Waals surface area contributed by atoms with Crippen LogP contribution in [0, 0.1) is 5.41 Å². The number of nitrogens with zero attached hydrogens (tertiary/aromatic N) is 1. The Morgan fingerprint density at radius 3 is 2.62 bits per heavy atom. The standard InChI is InChI=1S/C25H29N3O4/c1-28-13-9-19-7-8-20(15-21(19)24(28)31)27-23(30)22(29)26-17-25(10-11-25)12-14-32-16-18-5-3-2-4-6-18/h2-8,15H,9-14,16-17H2,1H3,(H,26,29)(H,27,30). The molecule has 2 N–H and O–H groups in total. The Kier molecular flexibility index (Phi) is 6.55. The van der Waals surface area contributed by atoms with Gasteiger partial charge in [0.2, 0.25) is 0 Å². The molecule has 2 aromatic rings. The molecule has 1 aliphatic heterocycles. The Bertz CT molecular complexity index is 1000. The monoisotopic (exact) mass is 435 g/mol. The first kappa shape index (κ1) is 22.0. The highest BCUT2D eigenvalue weighted by atomic mass is 16.5. The van der Waals surface area contributed by atoms with E-state index in [9.17, 15) is 14.4 Å². The molecule has 2 aromatic carbocycles. The molecular weight excluding hydrogens is 406 g/mol. The fraction of sp³-hybridized carbons (Fsp3) is 0.400.